The number of likely N-dealkylation sites (tertiary alicyclic amines) is 1. The van der Waals surface area contributed by atoms with E-state index in [1.54, 1.807) is 28.4 Å². The summed E-state index contributed by atoms with van der Waals surface area (Å²) in [4.78, 5) is 4.99. The van der Waals surface area contributed by atoms with Gasteiger partial charge in [-0.3, -0.25) is 0 Å². The van der Waals surface area contributed by atoms with Crippen LogP contribution in [0, 0.1) is 5.92 Å². The molecule has 1 aliphatic heterocycles. The number of rotatable bonds is 11. The molecule has 0 atom stereocenters. The number of piperidine rings is 1. The lowest BCUT2D eigenvalue weighted by molar-refractivity contribution is 0.153. The number of nitrogens with zero attached hydrogens (tertiary/aromatic N) is 2. The molecule has 6 heteroatoms. The second-order valence-electron chi connectivity index (χ2n) is 8.57. The molecule has 1 aliphatic rings. The van der Waals surface area contributed by atoms with Crippen LogP contribution >= 0.6 is 0 Å². The third-order valence-electron chi connectivity index (χ3n) is 6.38. The maximum Gasteiger partial charge on any atom is 0.203 e. The summed E-state index contributed by atoms with van der Waals surface area (Å²) in [7, 11) is 8.87. The number of hydrogen-bond acceptors (Lipinski definition) is 6. The Morgan fingerprint density at radius 3 is 2.12 bits per heavy atom. The van der Waals surface area contributed by atoms with E-state index in [-0.39, 0.29) is 0 Å². The zero-order valence-corrected chi connectivity index (χ0v) is 20.2. The van der Waals surface area contributed by atoms with Crippen LogP contribution in [-0.4, -0.2) is 71.5 Å². The molecule has 0 aromatic heterocycles. The van der Waals surface area contributed by atoms with Gasteiger partial charge in [-0.25, -0.2) is 0 Å². The molecule has 6 nitrogen and oxygen atoms in total. The van der Waals surface area contributed by atoms with Crippen molar-refractivity contribution in [1.82, 2.24) is 9.80 Å². The molecule has 0 bridgehead atoms. The van der Waals surface area contributed by atoms with Gasteiger partial charge in [-0.2, -0.15) is 0 Å². The Bertz CT molecular complexity index is 832. The summed E-state index contributed by atoms with van der Waals surface area (Å²) in [6, 6.07) is 12.5. The predicted molar refractivity (Wildman–Crippen MR) is 128 cm³/mol. The normalized spacial score (nSPS) is 15.1. The van der Waals surface area contributed by atoms with E-state index < -0.39 is 0 Å². The fraction of sp³-hybridized carbons (Fsp3) is 0.538. The van der Waals surface area contributed by atoms with E-state index in [1.165, 1.54) is 31.5 Å². The van der Waals surface area contributed by atoms with Crippen LogP contribution in [0.2, 0.25) is 0 Å². The molecule has 1 heterocycles. The summed E-state index contributed by atoms with van der Waals surface area (Å²) in [6.45, 7) is 5.38. The predicted octanol–water partition coefficient (Wildman–Crippen LogP) is 4.11. The van der Waals surface area contributed by atoms with Crippen molar-refractivity contribution in [2.75, 3.05) is 61.7 Å². The van der Waals surface area contributed by atoms with Crippen molar-refractivity contribution in [2.45, 2.75) is 25.8 Å². The van der Waals surface area contributed by atoms with Crippen molar-refractivity contribution >= 4 is 0 Å². The third-order valence-corrected chi connectivity index (χ3v) is 6.38. The van der Waals surface area contributed by atoms with Crippen molar-refractivity contribution in [2.24, 2.45) is 5.92 Å². The average molecular weight is 443 g/mol. The van der Waals surface area contributed by atoms with Crippen LogP contribution < -0.4 is 18.9 Å². The molecular formula is C26H38N2O4. The van der Waals surface area contributed by atoms with Gasteiger partial charge in [0, 0.05) is 25.2 Å². The monoisotopic (exact) mass is 442 g/mol. The molecule has 0 saturated carbocycles. The van der Waals surface area contributed by atoms with Crippen LogP contribution in [-0.2, 0) is 13.0 Å². The zero-order chi connectivity index (χ0) is 22.9. The topological polar surface area (TPSA) is 43.4 Å². The summed E-state index contributed by atoms with van der Waals surface area (Å²) in [5.74, 6) is 3.75. The van der Waals surface area contributed by atoms with Gasteiger partial charge >= 0.3 is 0 Å². The summed E-state index contributed by atoms with van der Waals surface area (Å²) in [5, 5.41) is 0. The quantitative estimate of drug-likeness (QED) is 0.522. The fourth-order valence-electron chi connectivity index (χ4n) is 4.56. The van der Waals surface area contributed by atoms with E-state index in [0.29, 0.717) is 11.5 Å². The van der Waals surface area contributed by atoms with Gasteiger partial charge in [0.1, 0.15) is 5.75 Å². The second kappa shape index (κ2) is 12.0. The van der Waals surface area contributed by atoms with Crippen LogP contribution in [0.3, 0.4) is 0 Å². The third kappa shape index (κ3) is 6.30. The Morgan fingerprint density at radius 1 is 0.844 bits per heavy atom. The summed E-state index contributed by atoms with van der Waals surface area (Å²) < 4.78 is 21.8. The molecule has 2 aromatic rings. The van der Waals surface area contributed by atoms with E-state index in [0.717, 1.165) is 49.0 Å². The first-order valence-electron chi connectivity index (χ1n) is 11.4. The minimum absolute atomic E-state index is 0.658. The molecular weight excluding hydrogens is 404 g/mol. The minimum Gasteiger partial charge on any atom is -0.497 e. The van der Waals surface area contributed by atoms with Crippen LogP contribution in [0.15, 0.2) is 36.4 Å². The van der Waals surface area contributed by atoms with Crippen LogP contribution in [0.25, 0.3) is 0 Å². The maximum atomic E-state index is 5.65. The molecule has 0 spiro atoms. The Morgan fingerprint density at radius 2 is 1.53 bits per heavy atom. The minimum atomic E-state index is 0.658. The highest BCUT2D eigenvalue weighted by molar-refractivity contribution is 5.55. The van der Waals surface area contributed by atoms with Crippen molar-refractivity contribution in [1.29, 1.82) is 0 Å². The first-order chi connectivity index (χ1) is 15.6. The highest BCUT2D eigenvalue weighted by atomic mass is 16.5. The van der Waals surface area contributed by atoms with Gasteiger partial charge in [0.15, 0.2) is 11.5 Å². The van der Waals surface area contributed by atoms with E-state index in [1.807, 2.05) is 18.2 Å². The average Bonchev–Trinajstić information content (AvgIpc) is 2.83. The lowest BCUT2D eigenvalue weighted by Gasteiger charge is -2.34. The molecule has 2 aromatic carbocycles. The van der Waals surface area contributed by atoms with Crippen molar-refractivity contribution in [3.8, 4) is 23.0 Å². The van der Waals surface area contributed by atoms with Crippen molar-refractivity contribution in [3.05, 3.63) is 47.5 Å². The van der Waals surface area contributed by atoms with Crippen molar-refractivity contribution < 1.29 is 18.9 Å². The highest BCUT2D eigenvalue weighted by Gasteiger charge is 2.22. The first-order valence-corrected chi connectivity index (χ1v) is 11.4. The first kappa shape index (κ1) is 24.2. The van der Waals surface area contributed by atoms with Gasteiger partial charge in [-0.05, 0) is 69.1 Å². The molecule has 32 heavy (non-hydrogen) atoms. The molecule has 0 aliphatic carbocycles. The molecule has 176 valence electrons. The Labute approximate surface area is 193 Å². The van der Waals surface area contributed by atoms with Gasteiger partial charge in [-0.15, -0.1) is 0 Å². The SMILES string of the molecule is COc1ccc(CCN2CCC(CN(C)Cc3ccc(OC)c(OC)c3OC)CC2)cc1. The van der Waals surface area contributed by atoms with Gasteiger partial charge in [0.2, 0.25) is 5.75 Å². The number of benzene rings is 2. The number of hydrogen-bond donors (Lipinski definition) is 0. The van der Waals surface area contributed by atoms with Gasteiger partial charge in [0.25, 0.3) is 0 Å². The van der Waals surface area contributed by atoms with E-state index in [2.05, 4.69) is 35.0 Å². The van der Waals surface area contributed by atoms with E-state index in [9.17, 15) is 0 Å². The van der Waals surface area contributed by atoms with Crippen LogP contribution in [0.1, 0.15) is 24.0 Å². The van der Waals surface area contributed by atoms with Gasteiger partial charge in [0.05, 0.1) is 28.4 Å². The fourth-order valence-corrected chi connectivity index (χ4v) is 4.56. The molecule has 0 amide bonds. The maximum absolute atomic E-state index is 5.65. The van der Waals surface area contributed by atoms with Crippen molar-refractivity contribution in [3.63, 3.8) is 0 Å². The lowest BCUT2D eigenvalue weighted by atomic mass is 9.95. The smallest absolute Gasteiger partial charge is 0.203 e. The summed E-state index contributed by atoms with van der Waals surface area (Å²) in [5.41, 5.74) is 2.49. The Hall–Kier alpha value is -2.44. The van der Waals surface area contributed by atoms with E-state index >= 15 is 0 Å². The molecule has 0 unspecified atom stereocenters. The summed E-state index contributed by atoms with van der Waals surface area (Å²) in [6.07, 6.45) is 3.58. The Kier molecular flexibility index (Phi) is 9.06. The number of ether oxygens (including phenoxy) is 4. The van der Waals surface area contributed by atoms with Crippen LogP contribution in [0.5, 0.6) is 23.0 Å². The van der Waals surface area contributed by atoms with Gasteiger partial charge in [-0.1, -0.05) is 18.2 Å². The molecule has 3 rings (SSSR count). The van der Waals surface area contributed by atoms with Gasteiger partial charge < -0.3 is 28.7 Å². The molecule has 0 N–H and O–H groups in total. The standard InChI is InChI=1S/C26H38N2O4/c1-27(19-22-8-11-24(30-3)26(32-5)25(22)31-4)18-21-13-16-28(17-14-21)15-12-20-6-9-23(29-2)10-7-20/h6-11,21H,12-19H2,1-5H3. The largest absolute Gasteiger partial charge is 0.497 e. The van der Waals surface area contributed by atoms with E-state index in [4.69, 9.17) is 18.9 Å². The second-order valence-corrected chi connectivity index (χ2v) is 8.57. The molecule has 1 saturated heterocycles. The summed E-state index contributed by atoms with van der Waals surface area (Å²) >= 11 is 0. The zero-order valence-electron chi connectivity index (χ0n) is 20.2. The number of methoxy groups -OCH3 is 4. The molecule has 0 radical (unpaired) electrons. The highest BCUT2D eigenvalue weighted by Crippen LogP contribution is 2.40. The molecule has 1 fully saturated rings. The lowest BCUT2D eigenvalue weighted by Crippen LogP contribution is -2.38. The Balaban J connectivity index is 1.45. The van der Waals surface area contributed by atoms with Crippen LogP contribution in [0.4, 0.5) is 0 Å².